The zero-order valence-electron chi connectivity index (χ0n) is 23.1. The van der Waals surface area contributed by atoms with Gasteiger partial charge in [0.05, 0.1) is 18.9 Å². The van der Waals surface area contributed by atoms with Gasteiger partial charge in [0, 0.05) is 18.8 Å². The molecule has 11 nitrogen and oxygen atoms in total. The van der Waals surface area contributed by atoms with Crippen molar-refractivity contribution in [2.75, 3.05) is 20.3 Å². The van der Waals surface area contributed by atoms with Crippen LogP contribution in [0.4, 0.5) is 0 Å². The van der Waals surface area contributed by atoms with Crippen LogP contribution in [0.15, 0.2) is 42.6 Å². The van der Waals surface area contributed by atoms with Crippen LogP contribution in [0.1, 0.15) is 49.7 Å². The Morgan fingerprint density at radius 3 is 2.55 bits per heavy atom. The molecule has 4 unspecified atom stereocenters. The van der Waals surface area contributed by atoms with Crippen LogP contribution in [0, 0.1) is 17.8 Å². The summed E-state index contributed by atoms with van der Waals surface area (Å²) in [5.41, 5.74) is 0.659. The van der Waals surface area contributed by atoms with Crippen molar-refractivity contribution in [3.63, 3.8) is 0 Å². The Balaban J connectivity index is 1.67. The zero-order valence-corrected chi connectivity index (χ0v) is 23.1. The molecule has 0 spiro atoms. The molecular weight excluding hydrogens is 520 g/mol. The molecule has 2 N–H and O–H groups in total. The van der Waals surface area contributed by atoms with E-state index in [2.05, 4.69) is 10.3 Å². The highest BCUT2D eigenvalue weighted by atomic mass is 16.6. The van der Waals surface area contributed by atoms with Crippen LogP contribution in [0.2, 0.25) is 0 Å². The van der Waals surface area contributed by atoms with Gasteiger partial charge < -0.3 is 29.4 Å². The molecule has 2 aromatic rings. The predicted molar refractivity (Wildman–Crippen MR) is 142 cm³/mol. The lowest BCUT2D eigenvalue weighted by Gasteiger charge is -2.29. The van der Waals surface area contributed by atoms with E-state index in [1.807, 2.05) is 30.3 Å². The highest BCUT2D eigenvalue weighted by molar-refractivity contribution is 5.95. The third kappa shape index (κ3) is 7.93. The summed E-state index contributed by atoms with van der Waals surface area (Å²) in [5, 5.41) is 12.8. The fourth-order valence-electron chi connectivity index (χ4n) is 4.28. The fourth-order valence-corrected chi connectivity index (χ4v) is 4.28. The van der Waals surface area contributed by atoms with Crippen molar-refractivity contribution in [1.82, 2.24) is 10.3 Å². The molecule has 0 aliphatic carbocycles. The van der Waals surface area contributed by atoms with Gasteiger partial charge in [-0.3, -0.25) is 19.2 Å². The molecule has 4 atom stereocenters. The van der Waals surface area contributed by atoms with E-state index in [9.17, 15) is 24.3 Å². The zero-order chi connectivity index (χ0) is 29.2. The number of methoxy groups -OCH3 is 1. The number of carbonyl (C=O) groups excluding carboxylic acids is 4. The molecular formula is C29H36N2O9. The number of hydrogen-bond acceptors (Lipinski definition) is 10. The van der Waals surface area contributed by atoms with Crippen LogP contribution >= 0.6 is 0 Å². The molecule has 2 heterocycles. The fraction of sp³-hybridized carbons (Fsp3) is 0.483. The summed E-state index contributed by atoms with van der Waals surface area (Å²) in [5.74, 6) is -4.67. The van der Waals surface area contributed by atoms with Gasteiger partial charge in [-0.25, -0.2) is 4.98 Å². The smallest absolute Gasteiger partial charge is 0.313 e. The highest BCUT2D eigenvalue weighted by Gasteiger charge is 2.41. The first kappa shape index (κ1) is 30.4. The number of ether oxygens (including phenoxy) is 4. The van der Waals surface area contributed by atoms with Gasteiger partial charge in [-0.2, -0.15) is 0 Å². The minimum absolute atomic E-state index is 0.118. The lowest BCUT2D eigenvalue weighted by atomic mass is 9.91. The first-order valence-corrected chi connectivity index (χ1v) is 13.2. The number of rotatable bonds is 10. The lowest BCUT2D eigenvalue weighted by molar-refractivity contribution is -0.177. The minimum atomic E-state index is -1.03. The normalized spacial score (nSPS) is 21.3. The van der Waals surface area contributed by atoms with Gasteiger partial charge in [0.1, 0.15) is 18.6 Å². The van der Waals surface area contributed by atoms with Gasteiger partial charge in [-0.15, -0.1) is 0 Å². The van der Waals surface area contributed by atoms with Gasteiger partial charge in [0.25, 0.3) is 5.91 Å². The van der Waals surface area contributed by atoms with Gasteiger partial charge in [-0.05, 0) is 31.7 Å². The molecule has 1 aromatic heterocycles. The Bertz CT molecular complexity index is 1190. The maximum atomic E-state index is 13.3. The third-order valence-corrected chi connectivity index (χ3v) is 6.58. The Morgan fingerprint density at radius 2 is 1.88 bits per heavy atom. The van der Waals surface area contributed by atoms with Crippen molar-refractivity contribution >= 4 is 23.8 Å². The van der Waals surface area contributed by atoms with E-state index in [1.54, 1.807) is 20.8 Å². The number of hydrogen-bond donors (Lipinski definition) is 2. The molecule has 1 aromatic carbocycles. The standard InChI is InChI=1S/C29H36N2O9/c1-17(2)27(34)40-25-18(3)39-28(35)20(16-38-29(36)21(25)15-19-9-6-5-7-10-19)11-8-13-31-26(33)23-24(32)22(37-4)12-14-30-23/h5-7,9-10,12,14,17-18,20-21,25,32H,8,11,13,15-16H2,1-4H3,(H,31,33). The molecule has 0 bridgehead atoms. The second-order valence-corrected chi connectivity index (χ2v) is 9.93. The van der Waals surface area contributed by atoms with Crippen LogP contribution < -0.4 is 10.1 Å². The van der Waals surface area contributed by atoms with Gasteiger partial charge >= 0.3 is 17.9 Å². The number of aromatic nitrogens is 1. The van der Waals surface area contributed by atoms with E-state index in [1.165, 1.54) is 19.4 Å². The van der Waals surface area contributed by atoms with E-state index in [4.69, 9.17) is 18.9 Å². The second kappa shape index (κ2) is 14.3. The largest absolute Gasteiger partial charge is 0.503 e. The Hall–Kier alpha value is -4.15. The first-order chi connectivity index (χ1) is 19.1. The Kier molecular flexibility index (Phi) is 10.9. The molecule has 1 saturated heterocycles. The van der Waals surface area contributed by atoms with Crippen LogP contribution in [0.5, 0.6) is 11.5 Å². The molecule has 0 saturated carbocycles. The van der Waals surface area contributed by atoms with E-state index in [-0.39, 0.29) is 43.2 Å². The monoisotopic (exact) mass is 556 g/mol. The predicted octanol–water partition coefficient (Wildman–Crippen LogP) is 2.84. The molecule has 1 fully saturated rings. The number of esters is 3. The number of amides is 1. The maximum Gasteiger partial charge on any atom is 0.313 e. The van der Waals surface area contributed by atoms with Crippen LogP contribution in [0.3, 0.4) is 0 Å². The van der Waals surface area contributed by atoms with E-state index in [0.29, 0.717) is 6.42 Å². The number of nitrogens with zero attached hydrogens (tertiary/aromatic N) is 1. The average Bonchev–Trinajstić information content (AvgIpc) is 2.97. The number of cyclic esters (lactones) is 2. The Morgan fingerprint density at radius 1 is 1.15 bits per heavy atom. The molecule has 1 aliphatic rings. The van der Waals surface area contributed by atoms with E-state index in [0.717, 1.165) is 5.56 Å². The summed E-state index contributed by atoms with van der Waals surface area (Å²) < 4.78 is 21.9. The van der Waals surface area contributed by atoms with Gasteiger partial charge in [0.15, 0.2) is 23.3 Å². The van der Waals surface area contributed by atoms with Crippen molar-refractivity contribution in [3.8, 4) is 11.5 Å². The number of pyridine rings is 1. The number of carbonyl (C=O) groups is 4. The van der Waals surface area contributed by atoms with Crippen LogP contribution in [0.25, 0.3) is 0 Å². The minimum Gasteiger partial charge on any atom is -0.503 e. The van der Waals surface area contributed by atoms with Crippen molar-refractivity contribution in [2.45, 2.75) is 52.2 Å². The number of nitrogens with one attached hydrogen (secondary N) is 1. The van der Waals surface area contributed by atoms with Crippen LogP contribution in [-0.4, -0.2) is 66.4 Å². The molecule has 40 heavy (non-hydrogen) atoms. The van der Waals surface area contributed by atoms with E-state index < -0.39 is 53.8 Å². The van der Waals surface area contributed by atoms with E-state index >= 15 is 0 Å². The van der Waals surface area contributed by atoms with Gasteiger partial charge in [-0.1, -0.05) is 44.2 Å². The molecule has 216 valence electrons. The summed E-state index contributed by atoms with van der Waals surface area (Å²) in [7, 11) is 1.36. The average molecular weight is 557 g/mol. The summed E-state index contributed by atoms with van der Waals surface area (Å²) in [6.07, 6.45) is 0.233. The second-order valence-electron chi connectivity index (χ2n) is 9.93. The summed E-state index contributed by atoms with van der Waals surface area (Å²) in [6.45, 7) is 4.90. The number of benzene rings is 1. The van der Waals surface area contributed by atoms with Crippen molar-refractivity contribution in [1.29, 1.82) is 0 Å². The van der Waals surface area contributed by atoms with Crippen molar-refractivity contribution in [3.05, 3.63) is 53.9 Å². The maximum absolute atomic E-state index is 13.3. The molecule has 11 heteroatoms. The van der Waals surface area contributed by atoms with Crippen LogP contribution in [-0.2, 0) is 35.0 Å². The lowest BCUT2D eigenvalue weighted by Crippen LogP contribution is -2.43. The van der Waals surface area contributed by atoms with Crippen molar-refractivity contribution < 1.29 is 43.2 Å². The molecule has 1 aliphatic heterocycles. The van der Waals surface area contributed by atoms with Gasteiger partial charge in [0.2, 0.25) is 0 Å². The summed E-state index contributed by atoms with van der Waals surface area (Å²) >= 11 is 0. The highest BCUT2D eigenvalue weighted by Crippen LogP contribution is 2.28. The third-order valence-electron chi connectivity index (χ3n) is 6.58. The van der Waals surface area contributed by atoms with Crippen molar-refractivity contribution in [2.24, 2.45) is 17.8 Å². The first-order valence-electron chi connectivity index (χ1n) is 13.2. The molecule has 1 amide bonds. The summed E-state index contributed by atoms with van der Waals surface area (Å²) in [4.78, 5) is 55.1. The Labute approximate surface area is 233 Å². The summed E-state index contributed by atoms with van der Waals surface area (Å²) in [6, 6.07) is 10.7. The molecule has 0 radical (unpaired) electrons. The molecule has 3 rings (SSSR count). The quantitative estimate of drug-likeness (QED) is 0.254. The topological polar surface area (TPSA) is 150 Å². The number of aromatic hydroxyl groups is 1. The SMILES string of the molecule is COc1ccnc(C(=O)NCCCC2COC(=O)C(Cc3ccccc3)C(OC(=O)C(C)C)C(C)OC2=O)c1O.